The summed E-state index contributed by atoms with van der Waals surface area (Å²) in [5.74, 6) is -0.984. The number of phenolic OH excluding ortho intramolecular Hbond substituents is 1. The van der Waals surface area contributed by atoms with Crippen LogP contribution in [0.15, 0.2) is 48.5 Å². The number of rotatable bonds is 4. The van der Waals surface area contributed by atoms with Gasteiger partial charge in [0.15, 0.2) is 0 Å². The molecule has 0 aromatic heterocycles. The molecule has 3 rings (SSSR count). The van der Waals surface area contributed by atoms with Crippen LogP contribution in [0, 0.1) is 11.6 Å². The van der Waals surface area contributed by atoms with Crippen molar-refractivity contribution in [2.24, 2.45) is 0 Å². The number of carbonyl (C=O) groups is 1. The largest absolute Gasteiger partial charge is 0.508 e. The predicted molar refractivity (Wildman–Crippen MR) is 100 cm³/mol. The Kier molecular flexibility index (Phi) is 5.74. The molecule has 1 aliphatic rings. The number of phenols is 1. The number of urea groups is 1. The topological polar surface area (TPSA) is 52.6 Å². The van der Waals surface area contributed by atoms with E-state index in [1.165, 1.54) is 18.2 Å². The summed E-state index contributed by atoms with van der Waals surface area (Å²) in [4.78, 5) is 14.1. The quantitative estimate of drug-likeness (QED) is 0.849. The molecule has 0 saturated heterocycles. The highest BCUT2D eigenvalue weighted by Gasteiger charge is 2.20. The average molecular weight is 372 g/mol. The minimum atomic E-state index is -0.601. The molecular weight excluding hydrogens is 350 g/mol. The van der Waals surface area contributed by atoms with Gasteiger partial charge in [0.05, 0.1) is 0 Å². The SMILES string of the molecule is CC(Cc1c(F)cccc1F)NC(=O)N1CC=C(c2ccc(O)cc2)CC1. The number of hydrogen-bond donors (Lipinski definition) is 2. The summed E-state index contributed by atoms with van der Waals surface area (Å²) in [7, 11) is 0. The monoisotopic (exact) mass is 372 g/mol. The van der Waals surface area contributed by atoms with Crippen molar-refractivity contribution in [1.29, 1.82) is 0 Å². The Hall–Kier alpha value is -2.89. The second-order valence-corrected chi connectivity index (χ2v) is 6.73. The van der Waals surface area contributed by atoms with Gasteiger partial charge in [-0.05, 0) is 55.2 Å². The lowest BCUT2D eigenvalue weighted by Gasteiger charge is -2.28. The third kappa shape index (κ3) is 4.64. The van der Waals surface area contributed by atoms with Crippen molar-refractivity contribution in [1.82, 2.24) is 10.2 Å². The molecule has 2 N–H and O–H groups in total. The van der Waals surface area contributed by atoms with Crippen molar-refractivity contribution < 1.29 is 18.7 Å². The van der Waals surface area contributed by atoms with E-state index in [1.54, 1.807) is 24.0 Å². The van der Waals surface area contributed by atoms with Crippen LogP contribution in [0.25, 0.3) is 5.57 Å². The standard InChI is InChI=1S/C21H22F2N2O2/c1-14(13-18-19(22)3-2-4-20(18)23)24-21(27)25-11-9-16(10-12-25)15-5-7-17(26)8-6-15/h2-9,14,26H,10-13H2,1H3,(H,24,27). The van der Waals surface area contributed by atoms with E-state index in [0.29, 0.717) is 19.5 Å². The van der Waals surface area contributed by atoms with Gasteiger partial charge in [-0.25, -0.2) is 13.6 Å². The fourth-order valence-electron chi connectivity index (χ4n) is 3.18. The number of benzene rings is 2. The van der Waals surface area contributed by atoms with Crippen LogP contribution in [0.4, 0.5) is 13.6 Å². The molecule has 0 radical (unpaired) electrons. The molecular formula is C21H22F2N2O2. The van der Waals surface area contributed by atoms with E-state index in [9.17, 15) is 18.7 Å². The zero-order valence-electron chi connectivity index (χ0n) is 15.1. The van der Waals surface area contributed by atoms with Crippen LogP contribution in [-0.4, -0.2) is 35.2 Å². The lowest BCUT2D eigenvalue weighted by atomic mass is 9.99. The molecule has 1 atom stereocenters. The molecule has 0 saturated carbocycles. The van der Waals surface area contributed by atoms with Crippen molar-refractivity contribution in [2.45, 2.75) is 25.8 Å². The Labute approximate surface area is 157 Å². The van der Waals surface area contributed by atoms with Gasteiger partial charge in [-0.2, -0.15) is 0 Å². The number of amides is 2. The van der Waals surface area contributed by atoms with Gasteiger partial charge in [-0.3, -0.25) is 0 Å². The Morgan fingerprint density at radius 1 is 1.19 bits per heavy atom. The first-order valence-corrected chi connectivity index (χ1v) is 8.91. The lowest BCUT2D eigenvalue weighted by Crippen LogP contribution is -2.46. The zero-order valence-corrected chi connectivity index (χ0v) is 15.1. The molecule has 1 aliphatic heterocycles. The van der Waals surface area contributed by atoms with Crippen LogP contribution in [0.3, 0.4) is 0 Å². The summed E-state index contributed by atoms with van der Waals surface area (Å²) >= 11 is 0. The lowest BCUT2D eigenvalue weighted by molar-refractivity contribution is 0.199. The van der Waals surface area contributed by atoms with Gasteiger partial charge < -0.3 is 15.3 Å². The molecule has 1 heterocycles. The summed E-state index contributed by atoms with van der Waals surface area (Å²) in [5.41, 5.74) is 2.13. The number of halogens is 2. The van der Waals surface area contributed by atoms with E-state index in [-0.39, 0.29) is 23.8 Å². The first-order valence-electron chi connectivity index (χ1n) is 8.91. The van der Waals surface area contributed by atoms with Gasteiger partial charge in [-0.1, -0.05) is 24.3 Å². The third-order valence-corrected chi connectivity index (χ3v) is 4.68. The van der Waals surface area contributed by atoms with E-state index in [2.05, 4.69) is 5.32 Å². The average Bonchev–Trinajstić information content (AvgIpc) is 2.65. The predicted octanol–water partition coefficient (Wildman–Crippen LogP) is 4.10. The van der Waals surface area contributed by atoms with Gasteiger partial charge in [0, 0.05) is 24.7 Å². The van der Waals surface area contributed by atoms with Crippen LogP contribution in [0.2, 0.25) is 0 Å². The molecule has 1 unspecified atom stereocenters. The summed E-state index contributed by atoms with van der Waals surface area (Å²) in [6.07, 6.45) is 2.78. The first kappa shape index (κ1) is 18.9. The van der Waals surface area contributed by atoms with Gasteiger partial charge >= 0.3 is 6.03 Å². The van der Waals surface area contributed by atoms with Crippen molar-refractivity contribution in [3.63, 3.8) is 0 Å². The molecule has 2 aromatic carbocycles. The maximum Gasteiger partial charge on any atom is 0.317 e. The number of aromatic hydroxyl groups is 1. The minimum absolute atomic E-state index is 0.0153. The van der Waals surface area contributed by atoms with E-state index in [1.807, 2.05) is 18.2 Å². The zero-order chi connectivity index (χ0) is 19.4. The molecule has 0 aliphatic carbocycles. The van der Waals surface area contributed by atoms with Crippen molar-refractivity contribution >= 4 is 11.6 Å². The second kappa shape index (κ2) is 8.20. The maximum absolute atomic E-state index is 13.7. The van der Waals surface area contributed by atoms with Crippen LogP contribution < -0.4 is 5.32 Å². The highest BCUT2D eigenvalue weighted by atomic mass is 19.1. The fourth-order valence-corrected chi connectivity index (χ4v) is 3.18. The number of carbonyl (C=O) groups excluding carboxylic acids is 1. The smallest absolute Gasteiger partial charge is 0.317 e. The van der Waals surface area contributed by atoms with Crippen LogP contribution in [-0.2, 0) is 6.42 Å². The number of nitrogens with one attached hydrogen (secondary N) is 1. The van der Waals surface area contributed by atoms with Gasteiger partial charge in [0.25, 0.3) is 0 Å². The van der Waals surface area contributed by atoms with Gasteiger partial charge in [0.1, 0.15) is 17.4 Å². The van der Waals surface area contributed by atoms with Crippen molar-refractivity contribution in [3.05, 3.63) is 71.3 Å². The highest BCUT2D eigenvalue weighted by Crippen LogP contribution is 2.24. The molecule has 0 spiro atoms. The number of nitrogens with zero attached hydrogens (tertiary/aromatic N) is 1. The second-order valence-electron chi connectivity index (χ2n) is 6.73. The molecule has 0 fully saturated rings. The summed E-state index contributed by atoms with van der Waals surface area (Å²) in [5, 5.41) is 12.2. The molecule has 6 heteroatoms. The van der Waals surface area contributed by atoms with Crippen LogP contribution in [0.1, 0.15) is 24.5 Å². The van der Waals surface area contributed by atoms with E-state index in [0.717, 1.165) is 11.1 Å². The Morgan fingerprint density at radius 2 is 1.85 bits per heavy atom. The summed E-state index contributed by atoms with van der Waals surface area (Å²) in [6, 6.07) is 10.1. The van der Waals surface area contributed by atoms with E-state index in [4.69, 9.17) is 0 Å². The van der Waals surface area contributed by atoms with Gasteiger partial charge in [-0.15, -0.1) is 0 Å². The van der Waals surface area contributed by atoms with E-state index >= 15 is 0 Å². The minimum Gasteiger partial charge on any atom is -0.508 e. The molecule has 142 valence electrons. The Bertz CT molecular complexity index is 830. The molecule has 2 amide bonds. The van der Waals surface area contributed by atoms with Crippen LogP contribution >= 0.6 is 0 Å². The summed E-state index contributed by atoms with van der Waals surface area (Å²) < 4.78 is 27.5. The van der Waals surface area contributed by atoms with Crippen molar-refractivity contribution in [3.8, 4) is 5.75 Å². The fraction of sp³-hybridized carbons (Fsp3) is 0.286. The molecule has 2 aromatic rings. The maximum atomic E-state index is 13.7. The van der Waals surface area contributed by atoms with Crippen molar-refractivity contribution in [2.75, 3.05) is 13.1 Å². The Balaban J connectivity index is 1.57. The van der Waals surface area contributed by atoms with Crippen LogP contribution in [0.5, 0.6) is 5.75 Å². The van der Waals surface area contributed by atoms with E-state index < -0.39 is 17.7 Å². The third-order valence-electron chi connectivity index (χ3n) is 4.68. The summed E-state index contributed by atoms with van der Waals surface area (Å²) in [6.45, 7) is 2.74. The number of hydrogen-bond acceptors (Lipinski definition) is 2. The normalized spacial score (nSPS) is 15.2. The Morgan fingerprint density at radius 3 is 2.44 bits per heavy atom. The van der Waals surface area contributed by atoms with Gasteiger partial charge in [0.2, 0.25) is 0 Å². The molecule has 0 bridgehead atoms. The highest BCUT2D eigenvalue weighted by molar-refractivity contribution is 5.77. The molecule has 4 nitrogen and oxygen atoms in total. The molecule has 27 heavy (non-hydrogen) atoms. The first-order chi connectivity index (χ1) is 12.9.